The Morgan fingerprint density at radius 1 is 1.50 bits per heavy atom. The van der Waals surface area contributed by atoms with Crippen molar-refractivity contribution in [3.8, 4) is 0 Å². The Morgan fingerprint density at radius 3 is 2.83 bits per heavy atom. The first-order valence-corrected chi connectivity index (χ1v) is 5.98. The van der Waals surface area contributed by atoms with Crippen LogP contribution in [0.4, 0.5) is 10.8 Å². The number of anilines is 1. The Hall–Kier alpha value is -1.99. The first-order chi connectivity index (χ1) is 8.58. The van der Waals surface area contributed by atoms with Crippen molar-refractivity contribution in [3.05, 3.63) is 50.5 Å². The van der Waals surface area contributed by atoms with Gasteiger partial charge in [-0.3, -0.25) is 20.2 Å². The quantitative estimate of drug-likeness (QED) is 0.693. The Balaban J connectivity index is 2.21. The molecule has 0 aliphatic carbocycles. The maximum atomic E-state index is 11.8. The van der Waals surface area contributed by atoms with Crippen molar-refractivity contribution in [2.45, 2.75) is 0 Å². The Labute approximate surface area is 110 Å². The number of hydrogen-bond donors (Lipinski definition) is 1. The molecule has 1 aromatic carbocycles. The third-order valence-electron chi connectivity index (χ3n) is 2.06. The molecule has 1 N–H and O–H groups in total. The summed E-state index contributed by atoms with van der Waals surface area (Å²) in [4.78, 5) is 25.6. The lowest BCUT2D eigenvalue weighted by molar-refractivity contribution is -0.384. The second kappa shape index (κ2) is 5.11. The van der Waals surface area contributed by atoms with Crippen LogP contribution in [0.15, 0.2) is 29.8 Å². The van der Waals surface area contributed by atoms with Gasteiger partial charge in [0, 0.05) is 23.2 Å². The first-order valence-electron chi connectivity index (χ1n) is 4.72. The molecule has 0 radical (unpaired) electrons. The predicted octanol–water partition coefficient (Wildman–Crippen LogP) is 2.96. The molecule has 0 aliphatic rings. The summed E-state index contributed by atoms with van der Waals surface area (Å²) >= 11 is 6.99. The van der Waals surface area contributed by atoms with E-state index in [0.29, 0.717) is 5.13 Å². The number of nitro benzene ring substituents is 1. The number of carbonyl (C=O) groups excluding carboxylic acids is 1. The number of benzene rings is 1. The standard InChI is InChI=1S/C10H6ClN3O3S/c11-7-5-6(1-2-8(7)14(16)17)9(15)13-10-12-3-4-18-10/h1-5H,(H,12,13,15). The van der Waals surface area contributed by atoms with Crippen molar-refractivity contribution < 1.29 is 9.72 Å². The van der Waals surface area contributed by atoms with E-state index in [4.69, 9.17) is 11.6 Å². The zero-order valence-corrected chi connectivity index (χ0v) is 10.4. The van der Waals surface area contributed by atoms with Gasteiger partial charge >= 0.3 is 0 Å². The van der Waals surface area contributed by atoms with Crippen molar-refractivity contribution in [2.75, 3.05) is 5.32 Å². The average Bonchev–Trinajstić information content (AvgIpc) is 2.81. The van der Waals surface area contributed by atoms with Crippen LogP contribution in [0.2, 0.25) is 5.02 Å². The lowest BCUT2D eigenvalue weighted by Gasteiger charge is -2.02. The van der Waals surface area contributed by atoms with Crippen molar-refractivity contribution in [1.29, 1.82) is 0 Å². The van der Waals surface area contributed by atoms with Gasteiger partial charge in [0.05, 0.1) is 4.92 Å². The Morgan fingerprint density at radius 2 is 2.28 bits per heavy atom. The molecular weight excluding hydrogens is 278 g/mol. The highest BCUT2D eigenvalue weighted by molar-refractivity contribution is 7.13. The van der Waals surface area contributed by atoms with Crippen molar-refractivity contribution in [2.24, 2.45) is 0 Å². The highest BCUT2D eigenvalue weighted by Gasteiger charge is 2.15. The number of hydrogen-bond acceptors (Lipinski definition) is 5. The summed E-state index contributed by atoms with van der Waals surface area (Å²) in [5.41, 5.74) is 0.00302. The topological polar surface area (TPSA) is 85.1 Å². The van der Waals surface area contributed by atoms with E-state index < -0.39 is 10.8 Å². The minimum atomic E-state index is -0.606. The van der Waals surface area contributed by atoms with E-state index in [1.54, 1.807) is 11.6 Å². The number of aromatic nitrogens is 1. The average molecular weight is 284 g/mol. The molecule has 0 spiro atoms. The number of nitrogens with one attached hydrogen (secondary N) is 1. The van der Waals surface area contributed by atoms with Crippen LogP contribution in [0.5, 0.6) is 0 Å². The molecule has 0 fully saturated rings. The van der Waals surface area contributed by atoms with E-state index in [1.165, 1.54) is 29.5 Å². The van der Waals surface area contributed by atoms with Gasteiger partial charge in [0.2, 0.25) is 0 Å². The highest BCUT2D eigenvalue weighted by Crippen LogP contribution is 2.25. The lowest BCUT2D eigenvalue weighted by atomic mass is 10.2. The lowest BCUT2D eigenvalue weighted by Crippen LogP contribution is -2.11. The number of nitrogens with zero attached hydrogens (tertiary/aromatic N) is 2. The molecule has 1 heterocycles. The zero-order chi connectivity index (χ0) is 13.1. The fraction of sp³-hybridized carbons (Fsp3) is 0. The number of halogens is 1. The molecule has 0 unspecified atom stereocenters. The molecule has 18 heavy (non-hydrogen) atoms. The van der Waals surface area contributed by atoms with Gasteiger partial charge in [0.25, 0.3) is 11.6 Å². The second-order valence-corrected chi connectivity index (χ2v) is 4.52. The number of nitro groups is 1. The minimum Gasteiger partial charge on any atom is -0.298 e. The van der Waals surface area contributed by atoms with Gasteiger partial charge in [-0.25, -0.2) is 4.98 Å². The summed E-state index contributed by atoms with van der Waals surface area (Å²) in [6.45, 7) is 0. The molecule has 1 aromatic heterocycles. The number of thiazole rings is 1. The van der Waals surface area contributed by atoms with Crippen molar-refractivity contribution >= 4 is 39.7 Å². The van der Waals surface area contributed by atoms with Crippen LogP contribution < -0.4 is 5.32 Å². The summed E-state index contributed by atoms with van der Waals surface area (Å²) in [5.74, 6) is -0.415. The Kier molecular flexibility index (Phi) is 3.54. The summed E-state index contributed by atoms with van der Waals surface area (Å²) in [6.07, 6.45) is 1.56. The van der Waals surface area contributed by atoms with E-state index in [0.717, 1.165) is 0 Å². The van der Waals surface area contributed by atoms with E-state index in [1.807, 2.05) is 0 Å². The van der Waals surface area contributed by atoms with Crippen LogP contribution in [-0.2, 0) is 0 Å². The monoisotopic (exact) mass is 283 g/mol. The van der Waals surface area contributed by atoms with Gasteiger partial charge in [0.15, 0.2) is 5.13 Å². The molecule has 0 bridgehead atoms. The van der Waals surface area contributed by atoms with Crippen molar-refractivity contribution in [3.63, 3.8) is 0 Å². The SMILES string of the molecule is O=C(Nc1nccs1)c1ccc([N+](=O)[O-])c(Cl)c1. The predicted molar refractivity (Wildman–Crippen MR) is 68.2 cm³/mol. The van der Waals surface area contributed by atoms with E-state index in [2.05, 4.69) is 10.3 Å². The molecule has 8 heteroatoms. The van der Waals surface area contributed by atoms with E-state index in [-0.39, 0.29) is 16.3 Å². The Bertz CT molecular complexity index is 600. The molecule has 92 valence electrons. The molecule has 0 saturated heterocycles. The molecule has 2 aromatic rings. The van der Waals surface area contributed by atoms with Crippen LogP contribution in [-0.4, -0.2) is 15.8 Å². The summed E-state index contributed by atoms with van der Waals surface area (Å²) in [7, 11) is 0. The maximum Gasteiger partial charge on any atom is 0.287 e. The molecule has 1 amide bonds. The first kappa shape index (κ1) is 12.5. The summed E-state index contributed by atoms with van der Waals surface area (Å²) in [6, 6.07) is 3.79. The van der Waals surface area contributed by atoms with Crippen LogP contribution in [0, 0.1) is 10.1 Å². The van der Waals surface area contributed by atoms with Crippen molar-refractivity contribution in [1.82, 2.24) is 4.98 Å². The van der Waals surface area contributed by atoms with Gasteiger partial charge in [-0.05, 0) is 12.1 Å². The molecule has 2 rings (SSSR count). The van der Waals surface area contributed by atoms with Gasteiger partial charge in [-0.2, -0.15) is 0 Å². The molecule has 6 nitrogen and oxygen atoms in total. The normalized spacial score (nSPS) is 10.1. The fourth-order valence-electron chi connectivity index (χ4n) is 1.25. The van der Waals surface area contributed by atoms with Crippen LogP contribution in [0.25, 0.3) is 0 Å². The largest absolute Gasteiger partial charge is 0.298 e. The highest BCUT2D eigenvalue weighted by atomic mass is 35.5. The summed E-state index contributed by atoms with van der Waals surface area (Å²) in [5, 5.41) is 15.2. The summed E-state index contributed by atoms with van der Waals surface area (Å²) < 4.78 is 0. The molecular formula is C10H6ClN3O3S. The van der Waals surface area contributed by atoms with Gasteiger partial charge in [0.1, 0.15) is 5.02 Å². The maximum absolute atomic E-state index is 11.8. The molecule has 0 saturated carbocycles. The van der Waals surface area contributed by atoms with E-state index in [9.17, 15) is 14.9 Å². The third kappa shape index (κ3) is 2.63. The number of amides is 1. The van der Waals surface area contributed by atoms with Gasteiger partial charge < -0.3 is 0 Å². The number of carbonyl (C=O) groups is 1. The minimum absolute atomic E-state index is 0.0770. The zero-order valence-electron chi connectivity index (χ0n) is 8.79. The molecule has 0 aliphatic heterocycles. The number of rotatable bonds is 3. The van der Waals surface area contributed by atoms with Gasteiger partial charge in [-0.15, -0.1) is 11.3 Å². The fourth-order valence-corrected chi connectivity index (χ4v) is 2.02. The van der Waals surface area contributed by atoms with E-state index >= 15 is 0 Å². The smallest absolute Gasteiger partial charge is 0.287 e. The second-order valence-electron chi connectivity index (χ2n) is 3.21. The third-order valence-corrected chi connectivity index (χ3v) is 3.05. The van der Waals surface area contributed by atoms with Gasteiger partial charge in [-0.1, -0.05) is 11.6 Å². The van der Waals surface area contributed by atoms with Crippen LogP contribution in [0.1, 0.15) is 10.4 Å². The van der Waals surface area contributed by atoms with Crippen LogP contribution in [0.3, 0.4) is 0 Å². The van der Waals surface area contributed by atoms with Crippen LogP contribution >= 0.6 is 22.9 Å². The molecule has 0 atom stereocenters.